The predicted molar refractivity (Wildman–Crippen MR) is 129 cm³/mol. The number of nitrogens with zero attached hydrogens (tertiary/aromatic N) is 7. The van der Waals surface area contributed by atoms with E-state index in [-0.39, 0.29) is 12.5 Å². The molecule has 35 heavy (non-hydrogen) atoms. The molecule has 9 nitrogen and oxygen atoms in total. The monoisotopic (exact) mass is 463 g/mol. The van der Waals surface area contributed by atoms with E-state index in [4.69, 9.17) is 11.6 Å². The lowest BCUT2D eigenvalue weighted by molar-refractivity contribution is 0.0995. The van der Waals surface area contributed by atoms with E-state index in [0.717, 1.165) is 40.8 Å². The van der Waals surface area contributed by atoms with Crippen molar-refractivity contribution in [3.63, 3.8) is 0 Å². The van der Waals surface area contributed by atoms with Gasteiger partial charge in [-0.2, -0.15) is 0 Å². The van der Waals surface area contributed by atoms with E-state index in [0.29, 0.717) is 41.0 Å². The molecule has 172 valence electrons. The summed E-state index contributed by atoms with van der Waals surface area (Å²) in [5.41, 5.74) is 5.89. The molecule has 0 bridgehead atoms. The second-order valence-electron chi connectivity index (χ2n) is 8.90. The molecular weight excluding hydrogens is 442 g/mol. The van der Waals surface area contributed by atoms with Crippen LogP contribution in [0.3, 0.4) is 0 Å². The van der Waals surface area contributed by atoms with Crippen LogP contribution < -0.4 is 4.90 Å². The average molecular weight is 464 g/mol. The number of pyridine rings is 2. The molecule has 1 saturated carbocycles. The topological polar surface area (TPSA) is 101 Å². The fraction of sp³-hybridized carbons (Fsp3) is 0.231. The molecule has 4 aromatic rings. The van der Waals surface area contributed by atoms with Gasteiger partial charge in [0, 0.05) is 41.5 Å². The van der Waals surface area contributed by atoms with Crippen molar-refractivity contribution < 1.29 is 9.90 Å². The molecule has 0 radical (unpaired) electrons. The van der Waals surface area contributed by atoms with E-state index in [9.17, 15) is 9.90 Å². The Morgan fingerprint density at radius 2 is 2.00 bits per heavy atom. The summed E-state index contributed by atoms with van der Waals surface area (Å²) in [6.07, 6.45) is 5.42. The van der Waals surface area contributed by atoms with Crippen LogP contribution in [-0.4, -0.2) is 35.7 Å². The van der Waals surface area contributed by atoms with Gasteiger partial charge in [0.05, 0.1) is 25.4 Å². The van der Waals surface area contributed by atoms with Crippen LogP contribution in [0.2, 0.25) is 0 Å². The van der Waals surface area contributed by atoms with Gasteiger partial charge in [-0.15, -0.1) is 10.2 Å². The summed E-state index contributed by atoms with van der Waals surface area (Å²) in [5.74, 6) is 1.45. The first kappa shape index (κ1) is 21.1. The zero-order valence-electron chi connectivity index (χ0n) is 19.0. The molecule has 3 aromatic heterocycles. The van der Waals surface area contributed by atoms with Gasteiger partial charge in [-0.3, -0.25) is 14.7 Å². The molecule has 1 aliphatic heterocycles. The summed E-state index contributed by atoms with van der Waals surface area (Å²) in [4.78, 5) is 27.7. The van der Waals surface area contributed by atoms with E-state index >= 15 is 0 Å². The van der Waals surface area contributed by atoms with Gasteiger partial charge in [0.1, 0.15) is 12.1 Å². The Bertz CT molecular complexity index is 1530. The third kappa shape index (κ3) is 3.64. The molecule has 1 N–H and O–H groups in total. The van der Waals surface area contributed by atoms with Crippen LogP contribution in [0.25, 0.3) is 27.4 Å². The first-order valence-corrected chi connectivity index (χ1v) is 11.3. The largest absolute Gasteiger partial charge is 0.390 e. The fourth-order valence-corrected chi connectivity index (χ4v) is 4.50. The molecule has 9 heteroatoms. The van der Waals surface area contributed by atoms with E-state index in [1.54, 1.807) is 29.6 Å². The highest BCUT2D eigenvalue weighted by Crippen LogP contribution is 2.43. The van der Waals surface area contributed by atoms with Gasteiger partial charge >= 0.3 is 0 Å². The Morgan fingerprint density at radius 3 is 2.71 bits per heavy atom. The Balaban J connectivity index is 1.49. The number of hydrogen-bond acceptors (Lipinski definition) is 6. The lowest BCUT2D eigenvalue weighted by Gasteiger charge is -2.18. The Labute approximate surface area is 201 Å². The lowest BCUT2D eigenvalue weighted by Crippen LogP contribution is -2.24. The van der Waals surface area contributed by atoms with Crippen molar-refractivity contribution in [2.75, 3.05) is 4.90 Å². The van der Waals surface area contributed by atoms with Crippen LogP contribution in [0.5, 0.6) is 0 Å². The van der Waals surface area contributed by atoms with E-state index < -0.39 is 0 Å². The van der Waals surface area contributed by atoms with E-state index in [1.165, 1.54) is 0 Å². The third-order valence-corrected chi connectivity index (χ3v) is 6.51. The predicted octanol–water partition coefficient (Wildman–Crippen LogP) is 4.02. The van der Waals surface area contributed by atoms with Crippen molar-refractivity contribution in [1.82, 2.24) is 24.7 Å². The van der Waals surface area contributed by atoms with Crippen LogP contribution in [0.4, 0.5) is 11.5 Å². The fourth-order valence-electron chi connectivity index (χ4n) is 4.50. The molecule has 4 heterocycles. The third-order valence-electron chi connectivity index (χ3n) is 6.51. The number of carbonyl (C=O) groups is 1. The summed E-state index contributed by atoms with van der Waals surface area (Å²) in [5, 5.41) is 17.7. The maximum absolute atomic E-state index is 13.3. The minimum absolute atomic E-state index is 0.152. The van der Waals surface area contributed by atoms with Crippen LogP contribution in [0.15, 0.2) is 48.9 Å². The summed E-state index contributed by atoms with van der Waals surface area (Å²) in [7, 11) is 1.87. The van der Waals surface area contributed by atoms with Crippen molar-refractivity contribution in [2.24, 2.45) is 7.05 Å². The number of fused-ring (bicyclic) bond motifs is 1. The van der Waals surface area contributed by atoms with Crippen LogP contribution in [-0.2, 0) is 20.2 Å². The quantitative estimate of drug-likeness (QED) is 0.449. The summed E-state index contributed by atoms with van der Waals surface area (Å²) < 4.78 is 1.82. The number of aliphatic hydroxyl groups excluding tert-OH is 1. The minimum Gasteiger partial charge on any atom is -0.390 e. The van der Waals surface area contributed by atoms with E-state index in [1.807, 2.05) is 29.8 Å². The highest BCUT2D eigenvalue weighted by molar-refractivity contribution is 6.09. The standard InChI is InChI=1S/C26H21N7O2/c1-27-18-5-6-20(22(9-18)25-31-29-14-32(25)2)16-7-23(15-3-4-15)30-24(8-16)33-12-17-11-28-19(13-34)10-21(17)26(33)35/h5-11,14-15,34H,3-4,12-13H2,2H3. The second kappa shape index (κ2) is 8.11. The Morgan fingerprint density at radius 1 is 1.14 bits per heavy atom. The average Bonchev–Trinajstić information content (AvgIpc) is 3.58. The molecule has 1 amide bonds. The molecule has 0 saturated heterocycles. The molecule has 6 rings (SSSR count). The highest BCUT2D eigenvalue weighted by Gasteiger charge is 2.32. The lowest BCUT2D eigenvalue weighted by atomic mass is 9.97. The maximum Gasteiger partial charge on any atom is 0.260 e. The second-order valence-corrected chi connectivity index (χ2v) is 8.90. The highest BCUT2D eigenvalue weighted by atomic mass is 16.3. The summed E-state index contributed by atoms with van der Waals surface area (Å²) in [6.45, 7) is 7.62. The molecule has 0 unspecified atom stereocenters. The van der Waals surface area contributed by atoms with Gasteiger partial charge in [0.15, 0.2) is 11.5 Å². The van der Waals surface area contributed by atoms with Crippen LogP contribution >= 0.6 is 0 Å². The zero-order chi connectivity index (χ0) is 24.1. The summed E-state index contributed by atoms with van der Waals surface area (Å²) >= 11 is 0. The van der Waals surface area contributed by atoms with Crippen molar-refractivity contribution >= 4 is 17.4 Å². The van der Waals surface area contributed by atoms with Gasteiger partial charge in [-0.05, 0) is 48.2 Å². The first-order valence-electron chi connectivity index (χ1n) is 11.3. The van der Waals surface area contributed by atoms with Crippen LogP contribution in [0, 0.1) is 6.57 Å². The van der Waals surface area contributed by atoms with Gasteiger partial charge in [0.2, 0.25) is 0 Å². The molecule has 0 spiro atoms. The number of benzene rings is 1. The molecule has 1 aromatic carbocycles. The number of amides is 1. The van der Waals surface area contributed by atoms with Gasteiger partial charge in [-0.25, -0.2) is 9.83 Å². The Hall–Kier alpha value is -4.42. The van der Waals surface area contributed by atoms with Crippen molar-refractivity contribution in [3.8, 4) is 22.5 Å². The zero-order valence-corrected chi connectivity index (χ0v) is 19.0. The van der Waals surface area contributed by atoms with Gasteiger partial charge in [0.25, 0.3) is 5.91 Å². The number of anilines is 1. The van der Waals surface area contributed by atoms with E-state index in [2.05, 4.69) is 26.1 Å². The smallest absolute Gasteiger partial charge is 0.260 e. The molecule has 1 fully saturated rings. The number of aromatic nitrogens is 5. The molecule has 2 aliphatic rings. The number of hydrogen-bond donors (Lipinski definition) is 1. The van der Waals surface area contributed by atoms with Crippen LogP contribution in [0.1, 0.15) is 46.1 Å². The molecular formula is C26H21N7O2. The van der Waals surface area contributed by atoms with Gasteiger partial charge in [-0.1, -0.05) is 12.1 Å². The minimum atomic E-state index is -0.217. The normalized spacial score (nSPS) is 14.8. The number of aliphatic hydroxyl groups is 1. The number of carbonyl (C=O) groups excluding carboxylic acids is 1. The SMILES string of the molecule is [C-]#[N+]c1ccc(-c2cc(C3CC3)nc(N3Cc4cnc(CO)cc4C3=O)c2)c(-c2nncn2C)c1. The maximum atomic E-state index is 13.3. The number of aryl methyl sites for hydroxylation is 1. The first-order chi connectivity index (χ1) is 17.1. The Kier molecular flexibility index (Phi) is 4.90. The van der Waals surface area contributed by atoms with Crippen molar-refractivity contribution in [3.05, 3.63) is 82.9 Å². The van der Waals surface area contributed by atoms with Gasteiger partial charge < -0.3 is 9.67 Å². The van der Waals surface area contributed by atoms with Crippen molar-refractivity contribution in [1.29, 1.82) is 0 Å². The van der Waals surface area contributed by atoms with Crippen molar-refractivity contribution in [2.45, 2.75) is 31.9 Å². The molecule has 0 atom stereocenters. The molecule has 1 aliphatic carbocycles. The summed E-state index contributed by atoms with van der Waals surface area (Å²) in [6, 6.07) is 11.2. The number of rotatable bonds is 5.